The Labute approximate surface area is 122 Å². The third-order valence-electron chi connectivity index (χ3n) is 2.87. The summed E-state index contributed by atoms with van der Waals surface area (Å²) in [5.41, 5.74) is 0.816. The van der Waals surface area contributed by atoms with Gasteiger partial charge >= 0.3 is 6.03 Å². The summed E-state index contributed by atoms with van der Waals surface area (Å²) >= 11 is 0. The zero-order valence-electron chi connectivity index (χ0n) is 11.6. The van der Waals surface area contributed by atoms with Crippen molar-refractivity contribution in [2.75, 3.05) is 5.32 Å². The minimum Gasteiger partial charge on any atom is -0.504 e. The summed E-state index contributed by atoms with van der Waals surface area (Å²) in [7, 11) is 0. The third kappa shape index (κ3) is 4.38. The first-order chi connectivity index (χ1) is 10.0. The number of aromatic hydroxyl groups is 2. The molecule has 4 N–H and O–H groups in total. The second-order valence-corrected chi connectivity index (χ2v) is 4.74. The van der Waals surface area contributed by atoms with Gasteiger partial charge in [-0.1, -0.05) is 12.1 Å². The lowest BCUT2D eigenvalue weighted by atomic mass is 10.1. The number of benzene rings is 1. The third-order valence-corrected chi connectivity index (χ3v) is 2.87. The highest BCUT2D eigenvalue weighted by molar-refractivity contribution is 5.88. The largest absolute Gasteiger partial charge is 0.504 e. The molecule has 0 spiro atoms. The SMILES string of the molecule is C[C@@H](Cc1ccc(O)c(O)c1)NC(=O)Nc1ccccn1. The fraction of sp³-hybridized carbons (Fsp3) is 0.200. The summed E-state index contributed by atoms with van der Waals surface area (Å²) in [6.07, 6.45) is 2.13. The molecular weight excluding hydrogens is 270 g/mol. The number of anilines is 1. The number of nitrogens with zero attached hydrogens (tertiary/aromatic N) is 1. The van der Waals surface area contributed by atoms with Crippen LogP contribution in [0.3, 0.4) is 0 Å². The van der Waals surface area contributed by atoms with Crippen LogP contribution >= 0.6 is 0 Å². The minimum atomic E-state index is -0.343. The smallest absolute Gasteiger partial charge is 0.320 e. The molecule has 0 radical (unpaired) electrons. The van der Waals surface area contributed by atoms with E-state index in [1.54, 1.807) is 30.5 Å². The Balaban J connectivity index is 1.87. The molecule has 0 saturated heterocycles. The number of carbonyl (C=O) groups is 1. The molecule has 110 valence electrons. The van der Waals surface area contributed by atoms with E-state index in [0.29, 0.717) is 12.2 Å². The second kappa shape index (κ2) is 6.60. The summed E-state index contributed by atoms with van der Waals surface area (Å²) in [6, 6.07) is 9.36. The molecule has 1 aromatic heterocycles. The molecule has 0 bridgehead atoms. The van der Waals surface area contributed by atoms with E-state index in [4.69, 9.17) is 0 Å². The van der Waals surface area contributed by atoms with Crippen LogP contribution in [0.5, 0.6) is 11.5 Å². The molecular formula is C15H17N3O3. The van der Waals surface area contributed by atoms with Crippen molar-refractivity contribution in [1.82, 2.24) is 10.3 Å². The maximum absolute atomic E-state index is 11.8. The fourth-order valence-electron chi connectivity index (χ4n) is 1.91. The topological polar surface area (TPSA) is 94.5 Å². The van der Waals surface area contributed by atoms with Gasteiger partial charge in [-0.15, -0.1) is 0 Å². The molecule has 21 heavy (non-hydrogen) atoms. The number of amides is 2. The number of urea groups is 1. The highest BCUT2D eigenvalue weighted by Gasteiger charge is 2.10. The van der Waals surface area contributed by atoms with E-state index in [2.05, 4.69) is 15.6 Å². The Morgan fingerprint density at radius 2 is 2.05 bits per heavy atom. The molecule has 0 saturated carbocycles. The van der Waals surface area contributed by atoms with Gasteiger partial charge in [0.1, 0.15) is 5.82 Å². The van der Waals surface area contributed by atoms with Crippen LogP contribution < -0.4 is 10.6 Å². The van der Waals surface area contributed by atoms with E-state index < -0.39 is 0 Å². The van der Waals surface area contributed by atoms with Crippen LogP contribution in [-0.4, -0.2) is 27.3 Å². The number of pyridine rings is 1. The van der Waals surface area contributed by atoms with Crippen LogP contribution in [0.1, 0.15) is 12.5 Å². The minimum absolute atomic E-state index is 0.141. The summed E-state index contributed by atoms with van der Waals surface area (Å²) in [5, 5.41) is 24.1. The first-order valence-corrected chi connectivity index (χ1v) is 6.54. The van der Waals surface area contributed by atoms with Crippen molar-refractivity contribution in [3.8, 4) is 11.5 Å². The monoisotopic (exact) mass is 287 g/mol. The number of hydrogen-bond acceptors (Lipinski definition) is 4. The molecule has 2 amide bonds. The van der Waals surface area contributed by atoms with Crippen molar-refractivity contribution in [2.45, 2.75) is 19.4 Å². The van der Waals surface area contributed by atoms with Gasteiger partial charge in [-0.3, -0.25) is 5.32 Å². The number of hydrogen-bond donors (Lipinski definition) is 4. The van der Waals surface area contributed by atoms with Gasteiger partial charge in [0.15, 0.2) is 11.5 Å². The quantitative estimate of drug-likeness (QED) is 0.649. The van der Waals surface area contributed by atoms with Crippen LogP contribution in [0.15, 0.2) is 42.6 Å². The molecule has 0 aliphatic heterocycles. The van der Waals surface area contributed by atoms with Crippen LogP contribution in [0.4, 0.5) is 10.6 Å². The Hall–Kier alpha value is -2.76. The lowest BCUT2D eigenvalue weighted by molar-refractivity contribution is 0.249. The number of rotatable bonds is 4. The Kier molecular flexibility index (Phi) is 4.61. The van der Waals surface area contributed by atoms with E-state index in [-0.39, 0.29) is 23.6 Å². The standard InChI is InChI=1S/C15H17N3O3/c1-10(8-11-5-6-12(19)13(20)9-11)17-15(21)18-14-4-2-3-7-16-14/h2-7,9-10,19-20H,8H2,1H3,(H2,16,17,18,21)/t10-/m0/s1. The van der Waals surface area contributed by atoms with Gasteiger partial charge < -0.3 is 15.5 Å². The molecule has 6 heteroatoms. The lowest BCUT2D eigenvalue weighted by Gasteiger charge is -2.14. The van der Waals surface area contributed by atoms with E-state index in [1.807, 2.05) is 6.92 Å². The van der Waals surface area contributed by atoms with Crippen molar-refractivity contribution < 1.29 is 15.0 Å². The molecule has 1 aromatic carbocycles. The van der Waals surface area contributed by atoms with Gasteiger partial charge in [-0.25, -0.2) is 9.78 Å². The maximum Gasteiger partial charge on any atom is 0.320 e. The van der Waals surface area contributed by atoms with Gasteiger partial charge in [0.05, 0.1) is 0 Å². The van der Waals surface area contributed by atoms with Gasteiger partial charge in [-0.2, -0.15) is 0 Å². The highest BCUT2D eigenvalue weighted by Crippen LogP contribution is 2.25. The first kappa shape index (κ1) is 14.6. The molecule has 1 atom stereocenters. The summed E-state index contributed by atoms with van der Waals surface area (Å²) in [5.74, 6) is 0.148. The second-order valence-electron chi connectivity index (χ2n) is 4.74. The highest BCUT2D eigenvalue weighted by atomic mass is 16.3. The summed E-state index contributed by atoms with van der Waals surface area (Å²) in [4.78, 5) is 15.8. The number of nitrogens with one attached hydrogen (secondary N) is 2. The molecule has 2 rings (SSSR count). The number of phenolic OH excluding ortho intramolecular Hbond substituents is 2. The molecule has 6 nitrogen and oxygen atoms in total. The van der Waals surface area contributed by atoms with E-state index >= 15 is 0 Å². The van der Waals surface area contributed by atoms with Crippen molar-refractivity contribution in [3.63, 3.8) is 0 Å². The number of phenols is 2. The fourth-order valence-corrected chi connectivity index (χ4v) is 1.91. The van der Waals surface area contributed by atoms with E-state index in [0.717, 1.165) is 5.56 Å². The van der Waals surface area contributed by atoms with Crippen LogP contribution in [0, 0.1) is 0 Å². The number of aromatic nitrogens is 1. The molecule has 0 unspecified atom stereocenters. The van der Waals surface area contributed by atoms with Gasteiger partial charge in [0.25, 0.3) is 0 Å². The number of carbonyl (C=O) groups excluding carboxylic acids is 1. The summed E-state index contributed by atoms with van der Waals surface area (Å²) in [6.45, 7) is 1.85. The van der Waals surface area contributed by atoms with E-state index in [1.165, 1.54) is 12.1 Å². The molecule has 0 aliphatic rings. The van der Waals surface area contributed by atoms with Gasteiger partial charge in [0, 0.05) is 12.2 Å². The molecule has 0 fully saturated rings. The molecule has 1 heterocycles. The average molecular weight is 287 g/mol. The Bertz CT molecular complexity index is 617. The van der Waals surface area contributed by atoms with Crippen molar-refractivity contribution in [2.24, 2.45) is 0 Å². The summed E-state index contributed by atoms with van der Waals surface area (Å²) < 4.78 is 0. The lowest BCUT2D eigenvalue weighted by Crippen LogP contribution is -2.37. The predicted molar refractivity (Wildman–Crippen MR) is 79.3 cm³/mol. The average Bonchev–Trinajstić information content (AvgIpc) is 2.43. The Morgan fingerprint density at radius 1 is 1.24 bits per heavy atom. The van der Waals surface area contributed by atoms with Crippen LogP contribution in [0.2, 0.25) is 0 Å². The van der Waals surface area contributed by atoms with Crippen molar-refractivity contribution in [1.29, 1.82) is 0 Å². The molecule has 2 aromatic rings. The van der Waals surface area contributed by atoms with Gasteiger partial charge in [-0.05, 0) is 43.2 Å². The zero-order valence-corrected chi connectivity index (χ0v) is 11.6. The first-order valence-electron chi connectivity index (χ1n) is 6.54. The zero-order chi connectivity index (χ0) is 15.2. The predicted octanol–water partition coefficient (Wildman–Crippen LogP) is 2.25. The van der Waals surface area contributed by atoms with Crippen molar-refractivity contribution in [3.05, 3.63) is 48.2 Å². The maximum atomic E-state index is 11.8. The Morgan fingerprint density at radius 3 is 2.71 bits per heavy atom. The van der Waals surface area contributed by atoms with Crippen LogP contribution in [0.25, 0.3) is 0 Å². The van der Waals surface area contributed by atoms with Crippen molar-refractivity contribution >= 4 is 11.8 Å². The molecule has 0 aliphatic carbocycles. The van der Waals surface area contributed by atoms with Gasteiger partial charge in [0.2, 0.25) is 0 Å². The van der Waals surface area contributed by atoms with E-state index in [9.17, 15) is 15.0 Å². The normalized spacial score (nSPS) is 11.7. The van der Waals surface area contributed by atoms with Crippen LogP contribution in [-0.2, 0) is 6.42 Å².